The van der Waals surface area contributed by atoms with Crippen LogP contribution in [0.25, 0.3) is 0 Å². The molecule has 0 spiro atoms. The zero-order valence-electron chi connectivity index (χ0n) is 18.2. The van der Waals surface area contributed by atoms with Gasteiger partial charge in [-0.2, -0.15) is 0 Å². The number of carbonyl (C=O) groups excluding carboxylic acids is 1. The van der Waals surface area contributed by atoms with Crippen LogP contribution in [-0.4, -0.2) is 80.9 Å². The summed E-state index contributed by atoms with van der Waals surface area (Å²) in [4.78, 5) is 22.5. The Morgan fingerprint density at radius 1 is 1.23 bits per heavy atom. The first kappa shape index (κ1) is 23.5. The van der Waals surface area contributed by atoms with Gasteiger partial charge in [-0.15, -0.1) is 0 Å². The molecule has 1 amide bonds. The van der Waals surface area contributed by atoms with Crippen molar-refractivity contribution in [1.29, 1.82) is 0 Å². The average molecular weight is 437 g/mol. The Hall–Kier alpha value is -1.20. The van der Waals surface area contributed by atoms with Crippen LogP contribution in [0.5, 0.6) is 0 Å². The monoisotopic (exact) mass is 437 g/mol. The third-order valence-corrected chi connectivity index (χ3v) is 7.22. The smallest absolute Gasteiger partial charge is 0.399 e. The molecule has 3 heterocycles. The van der Waals surface area contributed by atoms with Crippen LogP contribution in [0.4, 0.5) is 0 Å². The van der Waals surface area contributed by atoms with Gasteiger partial charge in [0.25, 0.3) is 5.91 Å². The second kappa shape index (κ2) is 9.52. The molecule has 2 aliphatic heterocycles. The van der Waals surface area contributed by atoms with Gasteiger partial charge in [0.05, 0.1) is 17.8 Å². The highest BCUT2D eigenvalue weighted by molar-refractivity contribution is 7.99. The average Bonchev–Trinajstić information content (AvgIpc) is 2.95. The lowest BCUT2D eigenvalue weighted by molar-refractivity contribution is -0.143. The van der Waals surface area contributed by atoms with E-state index in [2.05, 4.69) is 9.97 Å². The number of piperidine rings is 1. The van der Waals surface area contributed by atoms with Gasteiger partial charge in [0.15, 0.2) is 11.3 Å². The van der Waals surface area contributed by atoms with Crippen molar-refractivity contribution in [2.24, 2.45) is 5.92 Å². The van der Waals surface area contributed by atoms with Crippen LogP contribution in [0.1, 0.15) is 47.0 Å². The molecule has 0 radical (unpaired) electrons. The molecular weight excluding hydrogens is 405 g/mol. The number of aliphatic hydroxyl groups excluding tert-OH is 2. The number of likely N-dealkylation sites (tertiary alicyclic amines) is 1. The fourth-order valence-electron chi connectivity index (χ4n) is 3.55. The molecule has 8 nitrogen and oxygen atoms in total. The van der Waals surface area contributed by atoms with Crippen molar-refractivity contribution in [1.82, 2.24) is 14.9 Å². The molecule has 2 N–H and O–H groups in total. The lowest BCUT2D eigenvalue weighted by atomic mass is 9.81. The normalized spacial score (nSPS) is 22.3. The maximum atomic E-state index is 11.9. The lowest BCUT2D eigenvalue weighted by Crippen LogP contribution is -2.45. The molecular formula is C20H32BN3O5S. The van der Waals surface area contributed by atoms with E-state index in [0.717, 1.165) is 35.6 Å². The summed E-state index contributed by atoms with van der Waals surface area (Å²) < 4.78 is 12.1. The molecule has 0 bridgehead atoms. The van der Waals surface area contributed by atoms with E-state index in [1.807, 2.05) is 27.7 Å². The molecule has 10 heteroatoms. The van der Waals surface area contributed by atoms with Crippen LogP contribution in [0.15, 0.2) is 17.6 Å². The minimum Gasteiger partial charge on any atom is -0.399 e. The van der Waals surface area contributed by atoms with E-state index in [1.165, 1.54) is 0 Å². The Kier molecular flexibility index (Phi) is 7.45. The van der Waals surface area contributed by atoms with Crippen LogP contribution >= 0.6 is 11.8 Å². The highest BCUT2D eigenvalue weighted by atomic mass is 32.2. The van der Waals surface area contributed by atoms with Gasteiger partial charge < -0.3 is 24.4 Å². The Morgan fingerprint density at radius 3 is 2.33 bits per heavy atom. The standard InChI is InChI=1S/C20H32BN3O5S/c1-19(2)20(3,4)29-21(28-19)15-11-22-18(23-12-15)30-10-7-14-5-8-24(9-6-14)17(27)16(26)13-25/h11-12,14,16,25-26H,5-10,13H2,1-4H3/t16-/m1/s1. The van der Waals surface area contributed by atoms with Gasteiger partial charge in [0, 0.05) is 36.7 Å². The van der Waals surface area contributed by atoms with E-state index >= 15 is 0 Å². The van der Waals surface area contributed by atoms with E-state index in [1.54, 1.807) is 29.1 Å². The van der Waals surface area contributed by atoms with Gasteiger partial charge >= 0.3 is 7.12 Å². The van der Waals surface area contributed by atoms with Gasteiger partial charge in [0.1, 0.15) is 0 Å². The van der Waals surface area contributed by atoms with Crippen LogP contribution in [-0.2, 0) is 14.1 Å². The van der Waals surface area contributed by atoms with Gasteiger partial charge in [-0.05, 0) is 52.9 Å². The number of aromatic nitrogens is 2. The molecule has 1 atom stereocenters. The summed E-state index contributed by atoms with van der Waals surface area (Å²) in [5, 5.41) is 19.1. The first-order valence-corrected chi connectivity index (χ1v) is 11.5. The van der Waals surface area contributed by atoms with Gasteiger partial charge in [0.2, 0.25) is 0 Å². The van der Waals surface area contributed by atoms with Crippen molar-refractivity contribution in [3.8, 4) is 0 Å². The molecule has 0 aromatic carbocycles. The van der Waals surface area contributed by atoms with Crippen LogP contribution in [0.2, 0.25) is 0 Å². The molecule has 0 unspecified atom stereocenters. The first-order valence-electron chi connectivity index (χ1n) is 10.5. The topological polar surface area (TPSA) is 105 Å². The van der Waals surface area contributed by atoms with E-state index in [9.17, 15) is 9.90 Å². The summed E-state index contributed by atoms with van der Waals surface area (Å²) in [5.41, 5.74) is 0.0447. The number of hydrogen-bond acceptors (Lipinski definition) is 8. The van der Waals surface area contributed by atoms with Crippen molar-refractivity contribution in [2.75, 3.05) is 25.4 Å². The highest BCUT2D eigenvalue weighted by Gasteiger charge is 2.51. The zero-order chi connectivity index (χ0) is 21.9. The van der Waals surface area contributed by atoms with Crippen molar-refractivity contribution in [3.05, 3.63) is 12.4 Å². The minimum absolute atomic E-state index is 0.374. The predicted octanol–water partition coefficient (Wildman–Crippen LogP) is 0.850. The van der Waals surface area contributed by atoms with E-state index < -0.39 is 19.8 Å². The summed E-state index contributed by atoms with van der Waals surface area (Å²) in [6.45, 7) is 8.82. The number of nitrogens with zero attached hydrogens (tertiary/aromatic N) is 3. The summed E-state index contributed by atoms with van der Waals surface area (Å²) >= 11 is 1.62. The van der Waals surface area contributed by atoms with Crippen LogP contribution in [0, 0.1) is 5.92 Å². The first-order chi connectivity index (χ1) is 14.1. The number of carbonyl (C=O) groups is 1. The Bertz CT molecular complexity index is 710. The Balaban J connectivity index is 1.41. The quantitative estimate of drug-likeness (QED) is 0.368. The number of thioether (sulfide) groups is 1. The van der Waals surface area contributed by atoms with Gasteiger partial charge in [-0.25, -0.2) is 9.97 Å². The number of hydrogen-bond donors (Lipinski definition) is 2. The summed E-state index contributed by atoms with van der Waals surface area (Å²) in [5.74, 6) is 1.07. The lowest BCUT2D eigenvalue weighted by Gasteiger charge is -2.32. The molecule has 3 rings (SSSR count). The highest BCUT2D eigenvalue weighted by Crippen LogP contribution is 2.36. The molecule has 166 valence electrons. The summed E-state index contributed by atoms with van der Waals surface area (Å²) in [6, 6.07) is 0. The number of amides is 1. The third kappa shape index (κ3) is 5.34. The number of aliphatic hydroxyl groups is 2. The van der Waals surface area contributed by atoms with Gasteiger partial charge in [-0.3, -0.25) is 4.79 Å². The zero-order valence-corrected chi connectivity index (χ0v) is 19.0. The summed E-state index contributed by atoms with van der Waals surface area (Å²) in [7, 11) is -0.453. The molecule has 2 fully saturated rings. The molecule has 1 aromatic heterocycles. The maximum absolute atomic E-state index is 11.9. The molecule has 30 heavy (non-hydrogen) atoms. The Morgan fingerprint density at radius 2 is 1.80 bits per heavy atom. The molecule has 1 aromatic rings. The van der Waals surface area contributed by atoms with Crippen LogP contribution < -0.4 is 5.46 Å². The van der Waals surface area contributed by atoms with Crippen molar-refractivity contribution < 1.29 is 24.3 Å². The van der Waals surface area contributed by atoms with Crippen LogP contribution in [0.3, 0.4) is 0 Å². The minimum atomic E-state index is -1.30. The van der Waals surface area contributed by atoms with Crippen molar-refractivity contribution in [3.63, 3.8) is 0 Å². The van der Waals surface area contributed by atoms with Crippen molar-refractivity contribution in [2.45, 2.75) is 69.4 Å². The molecule has 2 saturated heterocycles. The second-order valence-corrected chi connectivity index (χ2v) is 10.1. The molecule has 0 saturated carbocycles. The van der Waals surface area contributed by atoms with Crippen molar-refractivity contribution >= 4 is 30.3 Å². The van der Waals surface area contributed by atoms with Gasteiger partial charge in [-0.1, -0.05) is 11.8 Å². The summed E-state index contributed by atoms with van der Waals surface area (Å²) in [6.07, 6.45) is 5.09. The van der Waals surface area contributed by atoms with E-state index in [4.69, 9.17) is 14.4 Å². The fraction of sp³-hybridized carbons (Fsp3) is 0.750. The largest absolute Gasteiger partial charge is 0.498 e. The number of rotatable bonds is 7. The predicted molar refractivity (Wildman–Crippen MR) is 115 cm³/mol. The van der Waals surface area contributed by atoms with E-state index in [0.29, 0.717) is 19.0 Å². The SMILES string of the molecule is CC1(C)OB(c2cnc(SCCC3CCN(C(=O)[C@H](O)CO)CC3)nc2)OC1(C)C. The van der Waals surface area contributed by atoms with E-state index in [-0.39, 0.29) is 17.1 Å². The molecule has 0 aliphatic carbocycles. The third-order valence-electron chi connectivity index (χ3n) is 6.31. The second-order valence-electron chi connectivity index (χ2n) is 8.99. The molecule has 2 aliphatic rings. The maximum Gasteiger partial charge on any atom is 0.498 e. The fourth-order valence-corrected chi connectivity index (χ4v) is 4.44. The Labute approximate surface area is 182 Å².